The topological polar surface area (TPSA) is 58.0 Å². The van der Waals surface area contributed by atoms with E-state index >= 15 is 0 Å². The number of fused-ring (bicyclic) bond motifs is 1. The number of aromatic nitrogens is 2. The Hall–Kier alpha value is -3.40. The Morgan fingerprint density at radius 3 is 2.37 bits per heavy atom. The minimum atomic E-state index is -0.243. The van der Waals surface area contributed by atoms with Crippen molar-refractivity contribution in [2.45, 2.75) is 19.9 Å². The molecule has 2 aromatic heterocycles. The number of nitrogens with zero attached hydrogens (tertiary/aromatic N) is 2. The number of aryl methyl sites for hydroxylation is 2. The van der Waals surface area contributed by atoms with Gasteiger partial charge in [-0.05, 0) is 37.1 Å². The van der Waals surface area contributed by atoms with Crippen molar-refractivity contribution in [1.29, 1.82) is 0 Å². The summed E-state index contributed by atoms with van der Waals surface area (Å²) in [6, 6.07) is 19.8. The van der Waals surface area contributed by atoms with Gasteiger partial charge in [-0.1, -0.05) is 54.1 Å². The normalized spacial score (nSPS) is 12.1. The lowest BCUT2D eigenvalue weighted by Gasteiger charge is -2.22. The highest BCUT2D eigenvalue weighted by Crippen LogP contribution is 2.36. The highest BCUT2D eigenvalue weighted by molar-refractivity contribution is 5.86. The summed E-state index contributed by atoms with van der Waals surface area (Å²) in [4.78, 5) is 8.83. The first kappa shape index (κ1) is 17.0. The molecule has 0 aliphatic carbocycles. The standard InChI is InChI=1S/C23H21N3O/c1-15-5-8-18(9-6-15)21(26-20-12-7-16(2)14-25-20)19-11-10-17-4-3-13-24-22(17)23(19)27/h3-14,21,27H,1-2H3,(H,25,26). The maximum Gasteiger partial charge on any atom is 0.147 e. The molecule has 0 aliphatic rings. The Morgan fingerprint density at radius 2 is 1.63 bits per heavy atom. The van der Waals surface area contributed by atoms with Crippen LogP contribution in [-0.2, 0) is 0 Å². The third kappa shape index (κ3) is 3.47. The minimum absolute atomic E-state index is 0.193. The molecule has 4 rings (SSSR count). The van der Waals surface area contributed by atoms with Crippen molar-refractivity contribution < 1.29 is 5.11 Å². The zero-order chi connectivity index (χ0) is 18.8. The molecular weight excluding hydrogens is 334 g/mol. The van der Waals surface area contributed by atoms with Crippen LogP contribution in [0.2, 0.25) is 0 Å². The molecule has 4 aromatic rings. The van der Waals surface area contributed by atoms with Crippen molar-refractivity contribution in [3.8, 4) is 5.75 Å². The van der Waals surface area contributed by atoms with Gasteiger partial charge in [-0.2, -0.15) is 0 Å². The Labute approximate surface area is 158 Å². The van der Waals surface area contributed by atoms with Crippen LogP contribution < -0.4 is 5.32 Å². The summed E-state index contributed by atoms with van der Waals surface area (Å²) in [5.41, 5.74) is 4.72. The lowest BCUT2D eigenvalue weighted by atomic mass is 9.95. The molecule has 1 unspecified atom stereocenters. The molecule has 0 bridgehead atoms. The van der Waals surface area contributed by atoms with E-state index in [0.29, 0.717) is 5.52 Å². The van der Waals surface area contributed by atoms with Crippen molar-refractivity contribution in [3.63, 3.8) is 0 Å². The lowest BCUT2D eigenvalue weighted by Crippen LogP contribution is -2.13. The number of phenolic OH excluding ortho intramolecular Hbond substituents is 1. The van der Waals surface area contributed by atoms with Crippen LogP contribution in [0.15, 0.2) is 73.1 Å². The average Bonchev–Trinajstić information content (AvgIpc) is 2.69. The maximum atomic E-state index is 10.9. The lowest BCUT2D eigenvalue weighted by molar-refractivity contribution is 0.471. The number of hydrogen-bond acceptors (Lipinski definition) is 4. The summed E-state index contributed by atoms with van der Waals surface area (Å²) >= 11 is 0. The van der Waals surface area contributed by atoms with Gasteiger partial charge in [0.2, 0.25) is 0 Å². The molecular formula is C23H21N3O. The number of benzene rings is 2. The molecule has 4 nitrogen and oxygen atoms in total. The summed E-state index contributed by atoms with van der Waals surface area (Å²) in [6.45, 7) is 4.07. The van der Waals surface area contributed by atoms with Crippen molar-refractivity contribution in [2.75, 3.05) is 5.32 Å². The van der Waals surface area contributed by atoms with Crippen molar-refractivity contribution >= 4 is 16.7 Å². The fourth-order valence-corrected chi connectivity index (χ4v) is 3.18. The maximum absolute atomic E-state index is 10.9. The van der Waals surface area contributed by atoms with Gasteiger partial charge in [-0.15, -0.1) is 0 Å². The second kappa shape index (κ2) is 7.08. The predicted octanol–water partition coefficient (Wildman–Crippen LogP) is 5.15. The van der Waals surface area contributed by atoms with Crippen LogP contribution in [0.5, 0.6) is 5.75 Å². The predicted molar refractivity (Wildman–Crippen MR) is 109 cm³/mol. The second-order valence-corrected chi connectivity index (χ2v) is 6.79. The Morgan fingerprint density at radius 1 is 0.852 bits per heavy atom. The zero-order valence-corrected chi connectivity index (χ0v) is 15.3. The molecule has 27 heavy (non-hydrogen) atoms. The number of aromatic hydroxyl groups is 1. The van der Waals surface area contributed by atoms with Gasteiger partial charge in [0.15, 0.2) is 0 Å². The molecule has 0 saturated heterocycles. The molecule has 0 aliphatic heterocycles. The van der Waals surface area contributed by atoms with Gasteiger partial charge in [0, 0.05) is 23.3 Å². The van der Waals surface area contributed by atoms with Gasteiger partial charge in [0.25, 0.3) is 0 Å². The largest absolute Gasteiger partial charge is 0.505 e. The Bertz CT molecular complexity index is 1070. The molecule has 0 radical (unpaired) electrons. The van der Waals surface area contributed by atoms with E-state index in [1.165, 1.54) is 5.56 Å². The van der Waals surface area contributed by atoms with Crippen LogP contribution in [0, 0.1) is 13.8 Å². The average molecular weight is 355 g/mol. The van der Waals surface area contributed by atoms with Crippen molar-refractivity contribution in [3.05, 3.63) is 95.3 Å². The zero-order valence-electron chi connectivity index (χ0n) is 15.3. The fraction of sp³-hybridized carbons (Fsp3) is 0.130. The quantitative estimate of drug-likeness (QED) is 0.531. The van der Waals surface area contributed by atoms with E-state index in [4.69, 9.17) is 0 Å². The number of phenols is 1. The second-order valence-electron chi connectivity index (χ2n) is 6.79. The highest BCUT2D eigenvalue weighted by atomic mass is 16.3. The van der Waals surface area contributed by atoms with Gasteiger partial charge in [0.05, 0.1) is 6.04 Å². The molecule has 0 saturated carbocycles. The van der Waals surface area contributed by atoms with Crippen LogP contribution in [0.1, 0.15) is 28.3 Å². The Kier molecular flexibility index (Phi) is 4.47. The van der Waals surface area contributed by atoms with Crippen molar-refractivity contribution in [1.82, 2.24) is 9.97 Å². The van der Waals surface area contributed by atoms with Crippen molar-refractivity contribution in [2.24, 2.45) is 0 Å². The first-order valence-electron chi connectivity index (χ1n) is 8.94. The van der Waals surface area contributed by atoms with E-state index in [2.05, 4.69) is 46.5 Å². The third-order valence-corrected chi connectivity index (χ3v) is 4.70. The summed E-state index contributed by atoms with van der Waals surface area (Å²) in [5.74, 6) is 0.949. The van der Waals surface area contributed by atoms with Crippen LogP contribution in [0.25, 0.3) is 10.9 Å². The van der Waals surface area contributed by atoms with E-state index in [1.807, 2.05) is 49.5 Å². The summed E-state index contributed by atoms with van der Waals surface area (Å²) in [5, 5.41) is 15.3. The number of hydrogen-bond donors (Lipinski definition) is 2. The highest BCUT2D eigenvalue weighted by Gasteiger charge is 2.20. The summed E-state index contributed by atoms with van der Waals surface area (Å²) in [6.07, 6.45) is 3.53. The number of anilines is 1. The Balaban J connectivity index is 1.83. The molecule has 0 fully saturated rings. The van der Waals surface area contributed by atoms with Crippen LogP contribution in [0.4, 0.5) is 5.82 Å². The van der Waals surface area contributed by atoms with Gasteiger partial charge < -0.3 is 10.4 Å². The van der Waals surface area contributed by atoms with E-state index in [-0.39, 0.29) is 11.8 Å². The molecule has 2 aromatic carbocycles. The van der Waals surface area contributed by atoms with Gasteiger partial charge in [-0.3, -0.25) is 4.98 Å². The summed E-state index contributed by atoms with van der Waals surface area (Å²) in [7, 11) is 0. The van der Waals surface area contributed by atoms with Crippen LogP contribution >= 0.6 is 0 Å². The molecule has 0 spiro atoms. The molecule has 2 N–H and O–H groups in total. The number of rotatable bonds is 4. The van der Waals surface area contributed by atoms with Crippen LogP contribution in [0.3, 0.4) is 0 Å². The van der Waals surface area contributed by atoms with Gasteiger partial charge in [0.1, 0.15) is 17.1 Å². The van der Waals surface area contributed by atoms with E-state index < -0.39 is 0 Å². The first-order valence-corrected chi connectivity index (χ1v) is 8.94. The van der Waals surface area contributed by atoms with Gasteiger partial charge in [-0.25, -0.2) is 4.98 Å². The smallest absolute Gasteiger partial charge is 0.147 e. The third-order valence-electron chi connectivity index (χ3n) is 4.70. The SMILES string of the molecule is Cc1ccc(C(Nc2ccc(C)cn2)c2ccc3cccnc3c2O)cc1. The minimum Gasteiger partial charge on any atom is -0.505 e. The molecule has 4 heteroatoms. The number of nitrogens with one attached hydrogen (secondary N) is 1. The van der Waals surface area contributed by atoms with E-state index in [0.717, 1.165) is 27.9 Å². The monoisotopic (exact) mass is 355 g/mol. The number of pyridine rings is 2. The van der Waals surface area contributed by atoms with E-state index in [1.54, 1.807) is 6.20 Å². The van der Waals surface area contributed by atoms with Gasteiger partial charge >= 0.3 is 0 Å². The van der Waals surface area contributed by atoms with E-state index in [9.17, 15) is 5.11 Å². The first-order chi connectivity index (χ1) is 13.1. The molecule has 1 atom stereocenters. The fourth-order valence-electron chi connectivity index (χ4n) is 3.18. The van der Waals surface area contributed by atoms with Crippen LogP contribution in [-0.4, -0.2) is 15.1 Å². The molecule has 134 valence electrons. The summed E-state index contributed by atoms with van der Waals surface area (Å²) < 4.78 is 0. The molecule has 2 heterocycles. The molecule has 0 amide bonds.